The van der Waals surface area contributed by atoms with Gasteiger partial charge in [0, 0.05) is 31.1 Å². The van der Waals surface area contributed by atoms with E-state index in [9.17, 15) is 9.59 Å². The van der Waals surface area contributed by atoms with Crippen molar-refractivity contribution in [1.82, 2.24) is 15.5 Å². The molecule has 1 aliphatic rings. The minimum atomic E-state index is -0.202. The van der Waals surface area contributed by atoms with Crippen LogP contribution in [0.2, 0.25) is 0 Å². The Bertz CT molecular complexity index is 1120. The number of benzene rings is 2. The van der Waals surface area contributed by atoms with E-state index in [0.717, 1.165) is 35.1 Å². The summed E-state index contributed by atoms with van der Waals surface area (Å²) in [6.45, 7) is 3.69. The van der Waals surface area contributed by atoms with Gasteiger partial charge in [-0.25, -0.2) is 0 Å². The van der Waals surface area contributed by atoms with Gasteiger partial charge >= 0.3 is 0 Å². The molecule has 0 unspecified atom stereocenters. The van der Waals surface area contributed by atoms with Crippen molar-refractivity contribution in [3.05, 3.63) is 71.0 Å². The molecule has 4 rings (SSSR count). The number of guanidine groups is 1. The van der Waals surface area contributed by atoms with E-state index in [4.69, 9.17) is 4.42 Å². The van der Waals surface area contributed by atoms with Gasteiger partial charge in [-0.3, -0.25) is 19.5 Å². The zero-order valence-electron chi connectivity index (χ0n) is 18.2. The van der Waals surface area contributed by atoms with Gasteiger partial charge in [0.1, 0.15) is 11.3 Å². The number of fused-ring (bicyclic) bond motifs is 2. The minimum absolute atomic E-state index is 0. The average Bonchev–Trinajstić information content (AvgIpc) is 3.24. The van der Waals surface area contributed by atoms with Crippen molar-refractivity contribution in [2.75, 3.05) is 20.1 Å². The van der Waals surface area contributed by atoms with Crippen molar-refractivity contribution in [3.63, 3.8) is 0 Å². The second-order valence-electron chi connectivity index (χ2n) is 7.51. The van der Waals surface area contributed by atoms with Gasteiger partial charge in [0.2, 0.25) is 0 Å². The lowest BCUT2D eigenvalue weighted by Crippen LogP contribution is -2.37. The summed E-state index contributed by atoms with van der Waals surface area (Å²) in [6.07, 6.45) is 1.52. The van der Waals surface area contributed by atoms with Gasteiger partial charge in [0.15, 0.2) is 5.96 Å². The van der Waals surface area contributed by atoms with E-state index in [1.807, 2.05) is 18.2 Å². The van der Waals surface area contributed by atoms with Gasteiger partial charge in [-0.05, 0) is 38.0 Å². The Balaban J connectivity index is 0.00000289. The number of unbranched alkanes of at least 4 members (excludes halogenated alkanes) is 1. The fraction of sp³-hybridized carbons (Fsp3) is 0.292. The van der Waals surface area contributed by atoms with Gasteiger partial charge in [-0.2, -0.15) is 0 Å². The molecule has 7 nitrogen and oxygen atoms in total. The third-order valence-corrected chi connectivity index (χ3v) is 5.56. The monoisotopic (exact) mass is 546 g/mol. The first-order valence-corrected chi connectivity index (χ1v) is 10.5. The van der Waals surface area contributed by atoms with Crippen molar-refractivity contribution in [1.29, 1.82) is 0 Å². The Hall–Kier alpha value is -2.88. The highest BCUT2D eigenvalue weighted by molar-refractivity contribution is 14.0. The number of hydrogen-bond acceptors (Lipinski definition) is 4. The van der Waals surface area contributed by atoms with E-state index in [1.165, 1.54) is 4.90 Å². The van der Waals surface area contributed by atoms with Crippen molar-refractivity contribution >= 4 is 52.7 Å². The highest BCUT2D eigenvalue weighted by atomic mass is 127. The fourth-order valence-electron chi connectivity index (χ4n) is 3.82. The molecule has 0 fully saturated rings. The zero-order chi connectivity index (χ0) is 21.8. The number of carbonyl (C=O) groups excluding carboxylic acids is 2. The topological polar surface area (TPSA) is 86.9 Å². The molecule has 2 N–H and O–H groups in total. The summed E-state index contributed by atoms with van der Waals surface area (Å²) in [5.41, 5.74) is 3.00. The molecule has 0 atom stereocenters. The van der Waals surface area contributed by atoms with Crippen LogP contribution >= 0.6 is 24.0 Å². The molecular formula is C24H27IN4O3. The summed E-state index contributed by atoms with van der Waals surface area (Å²) in [4.78, 5) is 30.4. The average molecular weight is 546 g/mol. The van der Waals surface area contributed by atoms with Crippen LogP contribution in [0.3, 0.4) is 0 Å². The zero-order valence-corrected chi connectivity index (χ0v) is 20.5. The maximum Gasteiger partial charge on any atom is 0.261 e. The first kappa shape index (κ1) is 23.8. The molecule has 3 aromatic rings. The highest BCUT2D eigenvalue weighted by Gasteiger charge is 2.34. The van der Waals surface area contributed by atoms with Crippen LogP contribution in [-0.4, -0.2) is 42.8 Å². The van der Waals surface area contributed by atoms with Crippen LogP contribution in [0.5, 0.6) is 0 Å². The van der Waals surface area contributed by atoms with Crippen LogP contribution < -0.4 is 10.6 Å². The second kappa shape index (κ2) is 10.6. The SMILES string of the molecule is CN=C(NCCCCN1C(=O)c2ccccc2C1=O)NCc1oc2ccccc2c1C.I. The molecule has 0 saturated carbocycles. The van der Waals surface area contributed by atoms with Gasteiger partial charge < -0.3 is 15.1 Å². The van der Waals surface area contributed by atoms with Crippen LogP contribution in [0, 0.1) is 6.92 Å². The van der Waals surface area contributed by atoms with Crippen LogP contribution in [0.15, 0.2) is 57.9 Å². The first-order valence-electron chi connectivity index (χ1n) is 10.5. The van der Waals surface area contributed by atoms with Crippen LogP contribution in [0.1, 0.15) is 44.9 Å². The summed E-state index contributed by atoms with van der Waals surface area (Å²) in [7, 11) is 1.72. The van der Waals surface area contributed by atoms with Gasteiger partial charge in [0.25, 0.3) is 11.8 Å². The number of furan rings is 1. The molecule has 168 valence electrons. The number of carbonyl (C=O) groups is 2. The summed E-state index contributed by atoms with van der Waals surface area (Å²) < 4.78 is 5.93. The van der Waals surface area contributed by atoms with Gasteiger partial charge in [0.05, 0.1) is 17.7 Å². The lowest BCUT2D eigenvalue weighted by atomic mass is 10.1. The molecule has 0 spiro atoms. The Morgan fingerprint density at radius 3 is 2.28 bits per heavy atom. The van der Waals surface area contributed by atoms with Gasteiger partial charge in [-0.15, -0.1) is 24.0 Å². The van der Waals surface area contributed by atoms with E-state index in [0.29, 0.717) is 36.7 Å². The quantitative estimate of drug-likeness (QED) is 0.153. The number of imide groups is 1. The Kier molecular flexibility index (Phi) is 7.89. The number of aliphatic imine (C=N–C) groups is 1. The van der Waals surface area contributed by atoms with Crippen LogP contribution in [-0.2, 0) is 6.54 Å². The number of rotatable bonds is 7. The second-order valence-corrected chi connectivity index (χ2v) is 7.51. The lowest BCUT2D eigenvalue weighted by molar-refractivity contribution is 0.0652. The first-order chi connectivity index (χ1) is 15.1. The van der Waals surface area contributed by atoms with E-state index >= 15 is 0 Å². The van der Waals surface area contributed by atoms with Gasteiger partial charge in [-0.1, -0.05) is 30.3 Å². The van der Waals surface area contributed by atoms with Crippen LogP contribution in [0.25, 0.3) is 11.0 Å². The van der Waals surface area contributed by atoms with Crippen molar-refractivity contribution in [2.24, 2.45) is 4.99 Å². The lowest BCUT2D eigenvalue weighted by Gasteiger charge is -2.14. The third-order valence-electron chi connectivity index (χ3n) is 5.56. The summed E-state index contributed by atoms with van der Waals surface area (Å²) in [5, 5.41) is 7.66. The number of nitrogens with zero attached hydrogens (tertiary/aromatic N) is 2. The Morgan fingerprint density at radius 1 is 0.969 bits per heavy atom. The maximum absolute atomic E-state index is 12.4. The molecule has 2 amide bonds. The van der Waals surface area contributed by atoms with E-state index in [-0.39, 0.29) is 35.8 Å². The molecule has 1 aliphatic heterocycles. The number of hydrogen-bond donors (Lipinski definition) is 2. The molecule has 0 aliphatic carbocycles. The molecule has 1 aromatic heterocycles. The summed E-state index contributed by atoms with van der Waals surface area (Å²) in [6, 6.07) is 15.0. The fourth-order valence-corrected chi connectivity index (χ4v) is 3.82. The summed E-state index contributed by atoms with van der Waals surface area (Å²) >= 11 is 0. The van der Waals surface area contributed by atoms with Crippen molar-refractivity contribution in [2.45, 2.75) is 26.3 Å². The van der Waals surface area contributed by atoms with E-state index < -0.39 is 0 Å². The number of halogens is 1. The molecule has 0 radical (unpaired) electrons. The third kappa shape index (κ3) is 4.79. The summed E-state index contributed by atoms with van der Waals surface area (Å²) in [5.74, 6) is 1.16. The Labute approximate surface area is 204 Å². The van der Waals surface area contributed by atoms with E-state index in [1.54, 1.807) is 31.3 Å². The molecule has 2 aromatic carbocycles. The van der Waals surface area contributed by atoms with Crippen LogP contribution in [0.4, 0.5) is 0 Å². The molecule has 0 saturated heterocycles. The molecule has 2 heterocycles. The largest absolute Gasteiger partial charge is 0.459 e. The molecule has 8 heteroatoms. The standard InChI is InChI=1S/C24H26N4O3.HI/c1-16-17-9-5-6-12-20(17)31-21(16)15-27-24(25-2)26-13-7-8-14-28-22(29)18-10-3-4-11-19(18)23(28)30;/h3-6,9-12H,7-8,13-15H2,1-2H3,(H2,25,26,27);1H. The maximum atomic E-state index is 12.4. The Morgan fingerprint density at radius 2 is 1.62 bits per heavy atom. The van der Waals surface area contributed by atoms with Crippen molar-refractivity contribution in [3.8, 4) is 0 Å². The molecule has 0 bridgehead atoms. The number of aryl methyl sites for hydroxylation is 1. The molecular weight excluding hydrogens is 519 g/mol. The number of nitrogens with one attached hydrogen (secondary N) is 2. The minimum Gasteiger partial charge on any atom is -0.459 e. The van der Waals surface area contributed by atoms with Crippen molar-refractivity contribution < 1.29 is 14.0 Å². The van der Waals surface area contributed by atoms with E-state index in [2.05, 4.69) is 28.6 Å². The normalized spacial score (nSPS) is 13.3. The molecule has 32 heavy (non-hydrogen) atoms. The number of para-hydroxylation sites is 1. The highest BCUT2D eigenvalue weighted by Crippen LogP contribution is 2.25. The predicted octanol–water partition coefficient (Wildman–Crippen LogP) is 4.10. The predicted molar refractivity (Wildman–Crippen MR) is 136 cm³/mol. The smallest absolute Gasteiger partial charge is 0.261 e. The number of amides is 2.